The summed E-state index contributed by atoms with van der Waals surface area (Å²) in [6, 6.07) is 6.51. The van der Waals surface area contributed by atoms with Gasteiger partial charge in [0.25, 0.3) is 0 Å². The highest BCUT2D eigenvalue weighted by Crippen LogP contribution is 2.21. The van der Waals surface area contributed by atoms with Crippen molar-refractivity contribution in [3.8, 4) is 0 Å². The molecule has 0 bridgehead atoms. The van der Waals surface area contributed by atoms with Gasteiger partial charge in [-0.3, -0.25) is 0 Å². The Balaban J connectivity index is 2.19. The van der Waals surface area contributed by atoms with Crippen LogP contribution < -0.4 is 4.90 Å². The normalized spacial score (nSPS) is 10.4. The molecule has 0 aliphatic rings. The molecule has 1 N–H and O–H groups in total. The maximum absolute atomic E-state index is 13.7. The summed E-state index contributed by atoms with van der Waals surface area (Å²) in [5, 5.41) is 10.6. The van der Waals surface area contributed by atoms with E-state index in [0.717, 1.165) is 11.3 Å². The number of hydrogen-bond acceptors (Lipinski definition) is 4. The van der Waals surface area contributed by atoms with Crippen molar-refractivity contribution in [3.63, 3.8) is 0 Å². The maximum Gasteiger partial charge on any atom is 0.365 e. The average molecular weight is 280 g/mol. The second-order valence-corrected chi connectivity index (χ2v) is 4.77. The molecule has 0 aliphatic carbocycles. The molecule has 0 spiro atoms. The highest BCUT2D eigenvalue weighted by Gasteiger charge is 2.14. The predicted molar refractivity (Wildman–Crippen MR) is 72.2 cm³/mol. The van der Waals surface area contributed by atoms with Gasteiger partial charge < -0.3 is 10.0 Å². The Hall–Kier alpha value is -1.95. The summed E-state index contributed by atoms with van der Waals surface area (Å²) < 4.78 is 13.7. The molecule has 100 valence electrons. The molecule has 0 fully saturated rings. The Morgan fingerprint density at radius 1 is 1.47 bits per heavy atom. The molecule has 1 aromatic carbocycles. The summed E-state index contributed by atoms with van der Waals surface area (Å²) in [4.78, 5) is 16.6. The molecule has 0 radical (unpaired) electrons. The van der Waals surface area contributed by atoms with Gasteiger partial charge in [-0.05, 0) is 19.1 Å². The van der Waals surface area contributed by atoms with Gasteiger partial charge in [0.1, 0.15) is 5.82 Å². The Labute approximate surface area is 114 Å². The Morgan fingerprint density at radius 2 is 2.21 bits per heavy atom. The van der Waals surface area contributed by atoms with E-state index in [1.165, 1.54) is 6.07 Å². The third-order valence-corrected chi connectivity index (χ3v) is 3.54. The number of nitrogens with zero attached hydrogens (tertiary/aromatic N) is 2. The van der Waals surface area contributed by atoms with E-state index in [2.05, 4.69) is 4.98 Å². The number of anilines is 1. The van der Waals surface area contributed by atoms with Gasteiger partial charge in [0.2, 0.25) is 5.01 Å². The van der Waals surface area contributed by atoms with Gasteiger partial charge in [0, 0.05) is 11.9 Å². The zero-order valence-electron chi connectivity index (χ0n) is 10.3. The number of para-hydroxylation sites is 1. The fourth-order valence-corrected chi connectivity index (χ4v) is 2.39. The fourth-order valence-electron chi connectivity index (χ4n) is 1.75. The lowest BCUT2D eigenvalue weighted by Crippen LogP contribution is -2.23. The summed E-state index contributed by atoms with van der Waals surface area (Å²) >= 11 is 1.08. The van der Waals surface area contributed by atoms with Gasteiger partial charge in [-0.1, -0.05) is 12.1 Å². The Morgan fingerprint density at radius 3 is 2.79 bits per heavy atom. The van der Waals surface area contributed by atoms with E-state index >= 15 is 0 Å². The van der Waals surface area contributed by atoms with Crippen LogP contribution in [0.5, 0.6) is 0 Å². The van der Waals surface area contributed by atoms with E-state index in [1.54, 1.807) is 23.6 Å². The lowest BCUT2D eigenvalue weighted by atomic mass is 10.2. The molecule has 2 aromatic rings. The van der Waals surface area contributed by atoms with Crippen molar-refractivity contribution in [1.82, 2.24) is 4.98 Å². The highest BCUT2D eigenvalue weighted by molar-refractivity contribution is 7.11. The highest BCUT2D eigenvalue weighted by atomic mass is 32.1. The summed E-state index contributed by atoms with van der Waals surface area (Å²) in [6.07, 6.45) is 0. The first kappa shape index (κ1) is 13.5. The minimum atomic E-state index is -1.04. The number of hydrogen-bond donors (Lipinski definition) is 1. The number of thiazole rings is 1. The van der Waals surface area contributed by atoms with Crippen molar-refractivity contribution in [1.29, 1.82) is 0 Å². The van der Waals surface area contributed by atoms with Crippen LogP contribution in [0.25, 0.3) is 0 Å². The van der Waals surface area contributed by atoms with Crippen molar-refractivity contribution in [3.05, 3.63) is 46.2 Å². The second kappa shape index (κ2) is 5.79. The van der Waals surface area contributed by atoms with Crippen LogP contribution in [-0.2, 0) is 6.54 Å². The first-order chi connectivity index (χ1) is 9.11. The second-order valence-electron chi connectivity index (χ2n) is 3.91. The van der Waals surface area contributed by atoms with Crippen molar-refractivity contribution in [2.24, 2.45) is 0 Å². The minimum Gasteiger partial charge on any atom is -0.476 e. The molecule has 0 amide bonds. The third-order valence-electron chi connectivity index (χ3n) is 2.66. The summed E-state index contributed by atoms with van der Waals surface area (Å²) in [6.45, 7) is 2.92. The molecule has 0 unspecified atom stereocenters. The Bertz CT molecular complexity index is 586. The fraction of sp³-hybridized carbons (Fsp3) is 0.231. The summed E-state index contributed by atoms with van der Waals surface area (Å²) in [5.41, 5.74) is 1.13. The molecule has 4 nitrogen and oxygen atoms in total. The zero-order chi connectivity index (χ0) is 13.8. The van der Waals surface area contributed by atoms with Crippen LogP contribution in [0.4, 0.5) is 10.1 Å². The molecule has 1 heterocycles. The molecule has 1 aromatic heterocycles. The van der Waals surface area contributed by atoms with Crippen LogP contribution >= 0.6 is 11.3 Å². The van der Waals surface area contributed by atoms with E-state index in [1.807, 2.05) is 11.8 Å². The lowest BCUT2D eigenvalue weighted by Gasteiger charge is -2.22. The third kappa shape index (κ3) is 3.08. The van der Waals surface area contributed by atoms with Crippen LogP contribution in [0, 0.1) is 5.82 Å². The molecule has 2 rings (SSSR count). The predicted octanol–water partition coefficient (Wildman–Crippen LogP) is 3.01. The van der Waals surface area contributed by atoms with Gasteiger partial charge >= 0.3 is 5.97 Å². The molecular formula is C13H13FN2O2S. The average Bonchev–Trinajstić information content (AvgIpc) is 2.86. The zero-order valence-corrected chi connectivity index (χ0v) is 11.2. The van der Waals surface area contributed by atoms with Crippen molar-refractivity contribution < 1.29 is 14.3 Å². The SMILES string of the molecule is CCN(Cc1csc(C(=O)O)n1)c1ccccc1F. The largest absolute Gasteiger partial charge is 0.476 e. The van der Waals surface area contributed by atoms with Crippen LogP contribution in [0.2, 0.25) is 0 Å². The standard InChI is InChI=1S/C13H13FN2O2S/c1-2-16(11-6-4-3-5-10(11)14)7-9-8-19-12(15-9)13(17)18/h3-6,8H,2,7H2,1H3,(H,17,18). The number of aromatic carboxylic acids is 1. The summed E-state index contributed by atoms with van der Waals surface area (Å²) in [5.74, 6) is -1.33. The van der Waals surface area contributed by atoms with Crippen LogP contribution in [0.1, 0.15) is 22.4 Å². The van der Waals surface area contributed by atoms with Crippen LogP contribution in [-0.4, -0.2) is 22.6 Å². The van der Waals surface area contributed by atoms with E-state index in [4.69, 9.17) is 5.11 Å². The van der Waals surface area contributed by atoms with E-state index in [-0.39, 0.29) is 10.8 Å². The van der Waals surface area contributed by atoms with Gasteiger partial charge in [-0.2, -0.15) is 0 Å². The number of aromatic nitrogens is 1. The van der Waals surface area contributed by atoms with Crippen LogP contribution in [0.15, 0.2) is 29.6 Å². The van der Waals surface area contributed by atoms with E-state index < -0.39 is 5.97 Å². The molecule has 19 heavy (non-hydrogen) atoms. The van der Waals surface area contributed by atoms with E-state index in [9.17, 15) is 9.18 Å². The molecule has 6 heteroatoms. The van der Waals surface area contributed by atoms with Crippen LogP contribution in [0.3, 0.4) is 0 Å². The van der Waals surface area contributed by atoms with Crippen molar-refractivity contribution in [2.45, 2.75) is 13.5 Å². The molecule has 0 atom stereocenters. The first-order valence-corrected chi connectivity index (χ1v) is 6.67. The first-order valence-electron chi connectivity index (χ1n) is 5.79. The number of carboxylic acids is 1. The Kier molecular flexibility index (Phi) is 4.11. The molecule has 0 aliphatic heterocycles. The topological polar surface area (TPSA) is 53.4 Å². The number of carbonyl (C=O) groups is 1. The van der Waals surface area contributed by atoms with Crippen molar-refractivity contribution in [2.75, 3.05) is 11.4 Å². The number of benzene rings is 1. The molecule has 0 saturated heterocycles. The van der Waals surface area contributed by atoms with Crippen molar-refractivity contribution >= 4 is 23.0 Å². The smallest absolute Gasteiger partial charge is 0.365 e. The maximum atomic E-state index is 13.7. The number of halogens is 1. The number of rotatable bonds is 5. The molecule has 0 saturated carbocycles. The lowest BCUT2D eigenvalue weighted by molar-refractivity contribution is 0.0696. The summed E-state index contributed by atoms with van der Waals surface area (Å²) in [7, 11) is 0. The monoisotopic (exact) mass is 280 g/mol. The molecular weight excluding hydrogens is 267 g/mol. The minimum absolute atomic E-state index is 0.0552. The van der Waals surface area contributed by atoms with Gasteiger partial charge in [0.05, 0.1) is 17.9 Å². The quantitative estimate of drug-likeness (QED) is 0.914. The van der Waals surface area contributed by atoms with Gasteiger partial charge in [-0.25, -0.2) is 14.2 Å². The number of carboxylic acid groups (broad SMARTS) is 1. The van der Waals surface area contributed by atoms with Gasteiger partial charge in [-0.15, -0.1) is 11.3 Å². The van der Waals surface area contributed by atoms with E-state index in [0.29, 0.717) is 24.5 Å². The van der Waals surface area contributed by atoms with Gasteiger partial charge in [0.15, 0.2) is 0 Å².